The highest BCUT2D eigenvalue weighted by Crippen LogP contribution is 2.30. The molecule has 0 saturated carbocycles. The van der Waals surface area contributed by atoms with Gasteiger partial charge < -0.3 is 10.2 Å². The third-order valence-electron chi connectivity index (χ3n) is 5.03. The van der Waals surface area contributed by atoms with Crippen LogP contribution in [-0.4, -0.2) is 30.4 Å². The second kappa shape index (κ2) is 9.54. The fourth-order valence-electron chi connectivity index (χ4n) is 3.45. The zero-order valence-electron chi connectivity index (χ0n) is 15.1. The molecule has 6 heteroatoms. The predicted octanol–water partition coefficient (Wildman–Crippen LogP) is 5.42. The third kappa shape index (κ3) is 5.93. The highest BCUT2D eigenvalue weighted by atomic mass is 35.5. The summed E-state index contributed by atoms with van der Waals surface area (Å²) in [6.45, 7) is 2.68. The van der Waals surface area contributed by atoms with Gasteiger partial charge in [0.05, 0.1) is 15.7 Å². The van der Waals surface area contributed by atoms with E-state index in [9.17, 15) is 9.18 Å². The van der Waals surface area contributed by atoms with Gasteiger partial charge in [0.25, 0.3) is 0 Å². The summed E-state index contributed by atoms with van der Waals surface area (Å²) in [6, 6.07) is 11.9. The zero-order valence-corrected chi connectivity index (χ0v) is 16.6. The van der Waals surface area contributed by atoms with Crippen LogP contribution in [0.3, 0.4) is 0 Å². The van der Waals surface area contributed by atoms with Gasteiger partial charge in [-0.15, -0.1) is 0 Å². The number of hydrogen-bond donors (Lipinski definition) is 1. The second-order valence-electron chi connectivity index (χ2n) is 7.01. The summed E-state index contributed by atoms with van der Waals surface area (Å²) in [6.07, 6.45) is 3.58. The van der Waals surface area contributed by atoms with Gasteiger partial charge >= 0.3 is 0 Å². The van der Waals surface area contributed by atoms with E-state index >= 15 is 0 Å². The van der Waals surface area contributed by atoms with Crippen LogP contribution in [0, 0.1) is 11.7 Å². The molecule has 1 saturated heterocycles. The SMILES string of the molecule is O=C(CCN1CCC(Cc2ccc(F)cc2)CC1)Nc1c(Cl)cccc1Cl. The molecule has 1 amide bonds. The molecule has 2 aromatic carbocycles. The van der Waals surface area contributed by atoms with Gasteiger partial charge in [0.2, 0.25) is 5.91 Å². The zero-order chi connectivity index (χ0) is 19.2. The molecule has 0 bridgehead atoms. The minimum Gasteiger partial charge on any atom is -0.324 e. The van der Waals surface area contributed by atoms with E-state index in [1.165, 1.54) is 17.7 Å². The molecule has 0 aromatic heterocycles. The van der Waals surface area contributed by atoms with Crippen LogP contribution >= 0.6 is 23.2 Å². The number of halogens is 3. The number of nitrogens with one attached hydrogen (secondary N) is 1. The van der Waals surface area contributed by atoms with Crippen LogP contribution in [0.4, 0.5) is 10.1 Å². The van der Waals surface area contributed by atoms with Gasteiger partial charge in [-0.1, -0.05) is 41.4 Å². The van der Waals surface area contributed by atoms with Gasteiger partial charge in [-0.25, -0.2) is 4.39 Å². The van der Waals surface area contributed by atoms with Crippen LogP contribution in [0.2, 0.25) is 10.0 Å². The lowest BCUT2D eigenvalue weighted by Crippen LogP contribution is -2.36. The van der Waals surface area contributed by atoms with Crippen LogP contribution in [0.1, 0.15) is 24.8 Å². The van der Waals surface area contributed by atoms with Crippen molar-refractivity contribution in [2.75, 3.05) is 25.0 Å². The van der Waals surface area contributed by atoms with E-state index in [1.807, 2.05) is 12.1 Å². The first-order valence-corrected chi connectivity index (χ1v) is 9.97. The molecular weight excluding hydrogens is 386 g/mol. The van der Waals surface area contributed by atoms with E-state index in [1.54, 1.807) is 18.2 Å². The van der Waals surface area contributed by atoms with Crippen LogP contribution < -0.4 is 5.32 Å². The number of nitrogens with zero attached hydrogens (tertiary/aromatic N) is 1. The largest absolute Gasteiger partial charge is 0.324 e. The normalized spacial score (nSPS) is 15.7. The van der Waals surface area contributed by atoms with Crippen molar-refractivity contribution in [3.8, 4) is 0 Å². The Hall–Kier alpha value is -1.62. The standard InChI is InChI=1S/C21H23Cl2FN2O/c22-18-2-1-3-19(23)21(18)25-20(27)10-13-26-11-8-16(9-12-26)14-15-4-6-17(24)7-5-15/h1-7,16H,8-14H2,(H,25,27). The molecule has 0 atom stereocenters. The summed E-state index contributed by atoms with van der Waals surface area (Å²) in [5.74, 6) is 0.339. The molecule has 3 nitrogen and oxygen atoms in total. The van der Waals surface area contributed by atoms with Crippen molar-refractivity contribution in [3.05, 3.63) is 63.9 Å². The first-order valence-electron chi connectivity index (χ1n) is 9.22. The first kappa shape index (κ1) is 20.1. The van der Waals surface area contributed by atoms with Gasteiger partial charge in [0.15, 0.2) is 0 Å². The number of carbonyl (C=O) groups excluding carboxylic acids is 1. The topological polar surface area (TPSA) is 32.3 Å². The Labute approximate surface area is 169 Å². The van der Waals surface area contributed by atoms with Gasteiger partial charge in [-0.2, -0.15) is 0 Å². The van der Waals surface area contributed by atoms with Crippen molar-refractivity contribution in [2.45, 2.75) is 25.7 Å². The quantitative estimate of drug-likeness (QED) is 0.692. The lowest BCUT2D eigenvalue weighted by atomic mass is 9.90. The summed E-state index contributed by atoms with van der Waals surface area (Å²) in [4.78, 5) is 14.5. The average molecular weight is 409 g/mol. The Morgan fingerprint density at radius 1 is 1.07 bits per heavy atom. The smallest absolute Gasteiger partial charge is 0.225 e. The summed E-state index contributed by atoms with van der Waals surface area (Å²) in [7, 11) is 0. The van der Waals surface area contributed by atoms with E-state index in [2.05, 4.69) is 10.2 Å². The molecule has 2 aromatic rings. The van der Waals surface area contributed by atoms with Gasteiger partial charge in [0.1, 0.15) is 5.82 Å². The minimum atomic E-state index is -0.190. The van der Waals surface area contributed by atoms with Gasteiger partial charge in [-0.3, -0.25) is 4.79 Å². The number of hydrogen-bond acceptors (Lipinski definition) is 2. The van der Waals surface area contributed by atoms with Crippen molar-refractivity contribution >= 4 is 34.8 Å². The van der Waals surface area contributed by atoms with Crippen molar-refractivity contribution in [1.82, 2.24) is 4.90 Å². The number of carbonyl (C=O) groups is 1. The molecule has 0 aliphatic carbocycles. The van der Waals surface area contributed by atoms with E-state index in [0.29, 0.717) is 28.1 Å². The average Bonchev–Trinajstić information content (AvgIpc) is 2.66. The molecule has 1 fully saturated rings. The van der Waals surface area contributed by atoms with Gasteiger partial charge in [-0.05, 0) is 68.1 Å². The molecule has 1 aliphatic heterocycles. The molecule has 3 rings (SSSR count). The van der Waals surface area contributed by atoms with E-state index in [0.717, 1.165) is 38.9 Å². The van der Waals surface area contributed by atoms with Crippen LogP contribution in [-0.2, 0) is 11.2 Å². The van der Waals surface area contributed by atoms with Gasteiger partial charge in [0, 0.05) is 13.0 Å². The Morgan fingerprint density at radius 3 is 2.33 bits per heavy atom. The fourth-order valence-corrected chi connectivity index (χ4v) is 3.94. The van der Waals surface area contributed by atoms with Crippen molar-refractivity contribution in [3.63, 3.8) is 0 Å². The Balaban J connectivity index is 1.40. The Bertz CT molecular complexity index is 754. The highest BCUT2D eigenvalue weighted by Gasteiger charge is 2.20. The molecule has 1 heterocycles. The minimum absolute atomic E-state index is 0.0848. The second-order valence-corrected chi connectivity index (χ2v) is 7.82. The lowest BCUT2D eigenvalue weighted by molar-refractivity contribution is -0.116. The fraction of sp³-hybridized carbons (Fsp3) is 0.381. The summed E-state index contributed by atoms with van der Waals surface area (Å²) in [5, 5.41) is 3.69. The van der Waals surface area contributed by atoms with Crippen molar-refractivity contribution in [1.29, 1.82) is 0 Å². The summed E-state index contributed by atoms with van der Waals surface area (Å²) < 4.78 is 13.0. The van der Waals surface area contributed by atoms with Crippen molar-refractivity contribution in [2.24, 2.45) is 5.92 Å². The number of anilines is 1. The molecule has 1 aliphatic rings. The highest BCUT2D eigenvalue weighted by molar-refractivity contribution is 6.39. The third-order valence-corrected chi connectivity index (χ3v) is 5.66. The summed E-state index contributed by atoms with van der Waals surface area (Å²) in [5.41, 5.74) is 1.66. The monoisotopic (exact) mass is 408 g/mol. The lowest BCUT2D eigenvalue weighted by Gasteiger charge is -2.31. The molecule has 0 unspecified atom stereocenters. The van der Waals surface area contributed by atoms with Crippen LogP contribution in [0.15, 0.2) is 42.5 Å². The molecule has 144 valence electrons. The first-order chi connectivity index (χ1) is 13.0. The Kier molecular flexibility index (Phi) is 7.11. The predicted molar refractivity (Wildman–Crippen MR) is 109 cm³/mol. The number of para-hydroxylation sites is 1. The maximum absolute atomic E-state index is 13.0. The van der Waals surface area contributed by atoms with Crippen LogP contribution in [0.5, 0.6) is 0 Å². The van der Waals surface area contributed by atoms with E-state index < -0.39 is 0 Å². The maximum atomic E-state index is 13.0. The number of amides is 1. The summed E-state index contributed by atoms with van der Waals surface area (Å²) >= 11 is 12.2. The number of piperidine rings is 1. The Morgan fingerprint density at radius 2 is 1.70 bits per heavy atom. The number of benzene rings is 2. The maximum Gasteiger partial charge on any atom is 0.225 e. The van der Waals surface area contributed by atoms with E-state index in [4.69, 9.17) is 23.2 Å². The van der Waals surface area contributed by atoms with Crippen LogP contribution in [0.25, 0.3) is 0 Å². The van der Waals surface area contributed by atoms with E-state index in [-0.39, 0.29) is 11.7 Å². The molecule has 0 spiro atoms. The molecular formula is C21H23Cl2FN2O. The van der Waals surface area contributed by atoms with Crippen molar-refractivity contribution < 1.29 is 9.18 Å². The number of rotatable bonds is 6. The number of likely N-dealkylation sites (tertiary alicyclic amines) is 1. The molecule has 0 radical (unpaired) electrons. The molecule has 1 N–H and O–H groups in total. The molecule has 27 heavy (non-hydrogen) atoms.